The number of alkyl halides is 2. The standard InChI is InChI=1S/C11H13F2NO3/c1-14(17-2)10(16)11(12,13)9(15)8-6-4-3-5-7-8/h3-7,9,15H,1-2H3. The van der Waals surface area contributed by atoms with Gasteiger partial charge in [-0.15, -0.1) is 0 Å². The molecule has 0 spiro atoms. The number of aliphatic hydroxyl groups is 1. The molecule has 1 N–H and O–H groups in total. The number of rotatable bonds is 4. The Labute approximate surface area is 97.4 Å². The number of halogens is 2. The summed E-state index contributed by atoms with van der Waals surface area (Å²) in [6, 6.07) is 7.26. The zero-order valence-electron chi connectivity index (χ0n) is 9.43. The van der Waals surface area contributed by atoms with E-state index in [0.717, 1.165) is 14.2 Å². The molecule has 1 rings (SSSR count). The second kappa shape index (κ2) is 5.20. The second-order valence-corrected chi connectivity index (χ2v) is 3.42. The minimum Gasteiger partial charge on any atom is -0.381 e. The van der Waals surface area contributed by atoms with Crippen molar-refractivity contribution < 1.29 is 23.5 Å². The van der Waals surface area contributed by atoms with Gasteiger partial charge in [-0.3, -0.25) is 9.63 Å². The van der Waals surface area contributed by atoms with Crippen molar-refractivity contribution in [1.29, 1.82) is 0 Å². The molecule has 1 unspecified atom stereocenters. The number of carbonyl (C=O) groups excluding carboxylic acids is 1. The Balaban J connectivity index is 2.94. The van der Waals surface area contributed by atoms with Gasteiger partial charge in [0.1, 0.15) is 0 Å². The maximum atomic E-state index is 13.6. The molecule has 0 radical (unpaired) electrons. The normalized spacial score (nSPS) is 13.2. The number of amides is 1. The number of hydrogen-bond donors (Lipinski definition) is 1. The molecule has 1 aromatic rings. The first kappa shape index (κ1) is 13.5. The van der Waals surface area contributed by atoms with Crippen LogP contribution in [0.1, 0.15) is 11.7 Å². The van der Waals surface area contributed by atoms with E-state index in [0.29, 0.717) is 5.06 Å². The van der Waals surface area contributed by atoms with Gasteiger partial charge in [0.15, 0.2) is 6.10 Å². The van der Waals surface area contributed by atoms with Gasteiger partial charge in [0, 0.05) is 7.05 Å². The zero-order valence-corrected chi connectivity index (χ0v) is 9.43. The Bertz CT molecular complexity index is 384. The van der Waals surface area contributed by atoms with Gasteiger partial charge in [0.2, 0.25) is 0 Å². The number of hydrogen-bond acceptors (Lipinski definition) is 3. The minimum atomic E-state index is -3.94. The molecule has 0 fully saturated rings. The van der Waals surface area contributed by atoms with Crippen LogP contribution in [0.2, 0.25) is 0 Å². The maximum Gasteiger partial charge on any atom is 0.356 e. The maximum absolute atomic E-state index is 13.6. The largest absolute Gasteiger partial charge is 0.381 e. The van der Waals surface area contributed by atoms with Gasteiger partial charge in [-0.05, 0) is 5.56 Å². The number of carbonyl (C=O) groups is 1. The third-order valence-electron chi connectivity index (χ3n) is 2.30. The van der Waals surface area contributed by atoms with Crippen LogP contribution < -0.4 is 0 Å². The van der Waals surface area contributed by atoms with E-state index in [4.69, 9.17) is 0 Å². The molecular formula is C11H13F2NO3. The van der Waals surface area contributed by atoms with Crippen LogP contribution in [0.15, 0.2) is 30.3 Å². The van der Waals surface area contributed by atoms with Crippen molar-refractivity contribution in [3.8, 4) is 0 Å². The molecular weight excluding hydrogens is 232 g/mol. The number of aliphatic hydroxyl groups excluding tert-OH is 1. The van der Waals surface area contributed by atoms with Crippen LogP contribution in [-0.2, 0) is 9.63 Å². The Morgan fingerprint density at radius 2 is 1.94 bits per heavy atom. The first-order valence-corrected chi connectivity index (χ1v) is 4.84. The molecule has 0 aromatic heterocycles. The van der Waals surface area contributed by atoms with Crippen molar-refractivity contribution in [3.63, 3.8) is 0 Å². The van der Waals surface area contributed by atoms with Crippen LogP contribution in [-0.4, -0.2) is 36.2 Å². The van der Waals surface area contributed by atoms with Gasteiger partial charge in [-0.25, -0.2) is 5.06 Å². The highest BCUT2D eigenvalue weighted by atomic mass is 19.3. The Kier molecular flexibility index (Phi) is 4.14. The van der Waals surface area contributed by atoms with Crippen LogP contribution in [0.5, 0.6) is 0 Å². The summed E-state index contributed by atoms with van der Waals surface area (Å²) in [7, 11) is 2.14. The lowest BCUT2D eigenvalue weighted by molar-refractivity contribution is -0.208. The second-order valence-electron chi connectivity index (χ2n) is 3.42. The van der Waals surface area contributed by atoms with Crippen LogP contribution >= 0.6 is 0 Å². The highest BCUT2D eigenvalue weighted by Crippen LogP contribution is 2.32. The summed E-state index contributed by atoms with van der Waals surface area (Å²) in [6.07, 6.45) is -2.20. The van der Waals surface area contributed by atoms with Gasteiger partial charge in [0.25, 0.3) is 0 Å². The van der Waals surface area contributed by atoms with E-state index in [1.54, 1.807) is 6.07 Å². The minimum absolute atomic E-state index is 0.0321. The van der Waals surface area contributed by atoms with Crippen molar-refractivity contribution in [2.24, 2.45) is 0 Å². The van der Waals surface area contributed by atoms with E-state index in [-0.39, 0.29) is 5.56 Å². The van der Waals surface area contributed by atoms with Gasteiger partial charge >= 0.3 is 11.8 Å². The zero-order chi connectivity index (χ0) is 13.1. The van der Waals surface area contributed by atoms with E-state index < -0.39 is 17.9 Å². The predicted molar refractivity (Wildman–Crippen MR) is 56.1 cm³/mol. The summed E-state index contributed by atoms with van der Waals surface area (Å²) in [5, 5.41) is 9.89. The van der Waals surface area contributed by atoms with E-state index in [9.17, 15) is 18.7 Å². The SMILES string of the molecule is CON(C)C(=O)C(F)(F)C(O)c1ccccc1. The average Bonchev–Trinajstić information content (AvgIpc) is 2.36. The molecule has 0 heterocycles. The first-order valence-electron chi connectivity index (χ1n) is 4.84. The monoisotopic (exact) mass is 245 g/mol. The molecule has 0 aliphatic rings. The van der Waals surface area contributed by atoms with Gasteiger partial charge in [-0.1, -0.05) is 30.3 Å². The van der Waals surface area contributed by atoms with Crippen LogP contribution in [0.4, 0.5) is 8.78 Å². The van der Waals surface area contributed by atoms with Crippen molar-refractivity contribution in [2.75, 3.05) is 14.2 Å². The Morgan fingerprint density at radius 3 is 2.41 bits per heavy atom. The van der Waals surface area contributed by atoms with Crippen LogP contribution in [0, 0.1) is 0 Å². The van der Waals surface area contributed by atoms with Crippen LogP contribution in [0.25, 0.3) is 0 Å². The molecule has 0 aliphatic heterocycles. The molecule has 0 saturated heterocycles. The predicted octanol–water partition coefficient (Wildman–Crippen LogP) is 1.38. The van der Waals surface area contributed by atoms with Gasteiger partial charge < -0.3 is 5.11 Å². The number of benzene rings is 1. The van der Waals surface area contributed by atoms with Gasteiger partial charge in [0.05, 0.1) is 7.11 Å². The number of nitrogens with zero attached hydrogens (tertiary/aromatic N) is 1. The lowest BCUT2D eigenvalue weighted by atomic mass is 10.0. The van der Waals surface area contributed by atoms with E-state index in [1.165, 1.54) is 24.3 Å². The third-order valence-corrected chi connectivity index (χ3v) is 2.30. The highest BCUT2D eigenvalue weighted by molar-refractivity contribution is 5.83. The summed E-state index contributed by atoms with van der Waals surface area (Å²) in [5.41, 5.74) is -0.0321. The van der Waals surface area contributed by atoms with E-state index in [2.05, 4.69) is 4.84 Å². The summed E-state index contributed by atoms with van der Waals surface area (Å²) in [6.45, 7) is 0. The number of hydroxylamine groups is 2. The van der Waals surface area contributed by atoms with Crippen molar-refractivity contribution >= 4 is 5.91 Å². The molecule has 17 heavy (non-hydrogen) atoms. The van der Waals surface area contributed by atoms with Crippen molar-refractivity contribution in [1.82, 2.24) is 5.06 Å². The third kappa shape index (κ3) is 2.78. The summed E-state index contributed by atoms with van der Waals surface area (Å²) >= 11 is 0. The molecule has 4 nitrogen and oxygen atoms in total. The first-order chi connectivity index (χ1) is 7.91. The Hall–Kier alpha value is -1.53. The van der Waals surface area contributed by atoms with Gasteiger partial charge in [-0.2, -0.15) is 8.78 Å². The molecule has 1 atom stereocenters. The van der Waals surface area contributed by atoms with E-state index in [1.807, 2.05) is 0 Å². The molecule has 0 bridgehead atoms. The lowest BCUT2D eigenvalue weighted by Crippen LogP contribution is -2.44. The molecule has 1 amide bonds. The molecule has 1 aromatic carbocycles. The van der Waals surface area contributed by atoms with E-state index >= 15 is 0 Å². The fourth-order valence-electron chi connectivity index (χ4n) is 1.25. The average molecular weight is 245 g/mol. The summed E-state index contributed by atoms with van der Waals surface area (Å²) in [5.74, 6) is -5.54. The smallest absolute Gasteiger partial charge is 0.356 e. The fourth-order valence-corrected chi connectivity index (χ4v) is 1.25. The van der Waals surface area contributed by atoms with Crippen LogP contribution in [0.3, 0.4) is 0 Å². The topological polar surface area (TPSA) is 49.8 Å². The molecule has 94 valence electrons. The van der Waals surface area contributed by atoms with Crippen molar-refractivity contribution in [3.05, 3.63) is 35.9 Å². The molecule has 0 aliphatic carbocycles. The summed E-state index contributed by atoms with van der Waals surface area (Å²) < 4.78 is 27.2. The molecule has 0 saturated carbocycles. The lowest BCUT2D eigenvalue weighted by Gasteiger charge is -2.25. The quantitative estimate of drug-likeness (QED) is 0.815. The highest BCUT2D eigenvalue weighted by Gasteiger charge is 2.49. The summed E-state index contributed by atoms with van der Waals surface area (Å²) in [4.78, 5) is 15.7. The fraction of sp³-hybridized carbons (Fsp3) is 0.364. The van der Waals surface area contributed by atoms with Crippen molar-refractivity contribution in [2.45, 2.75) is 12.0 Å². The Morgan fingerprint density at radius 1 is 1.41 bits per heavy atom. The molecule has 6 heteroatoms.